The highest BCUT2D eigenvalue weighted by Crippen LogP contribution is 2.12. The SMILES string of the molecule is [CH2]OC=CCCCCCCCCCCCCCC. The van der Waals surface area contributed by atoms with Gasteiger partial charge in [0.2, 0.25) is 0 Å². The second-order valence-electron chi connectivity index (χ2n) is 5.22. The number of rotatable bonds is 14. The summed E-state index contributed by atoms with van der Waals surface area (Å²) < 4.78 is 4.62. The monoisotopic (exact) mass is 253 g/mol. The van der Waals surface area contributed by atoms with Gasteiger partial charge in [0.15, 0.2) is 0 Å². The lowest BCUT2D eigenvalue weighted by molar-refractivity contribution is 0.391. The molecule has 0 aliphatic carbocycles. The van der Waals surface area contributed by atoms with E-state index in [2.05, 4.69) is 24.8 Å². The molecule has 0 aliphatic rings. The van der Waals surface area contributed by atoms with E-state index >= 15 is 0 Å². The molecule has 18 heavy (non-hydrogen) atoms. The molecular formula is C17H33O. The lowest BCUT2D eigenvalue weighted by atomic mass is 10.0. The normalized spacial score (nSPS) is 11.2. The Morgan fingerprint density at radius 3 is 1.61 bits per heavy atom. The highest BCUT2D eigenvalue weighted by Gasteiger charge is 1.92. The first-order valence-electron chi connectivity index (χ1n) is 7.97. The fraction of sp³-hybridized carbons (Fsp3) is 0.824. The molecule has 0 aromatic carbocycles. The average Bonchev–Trinajstić information content (AvgIpc) is 2.39. The molecule has 1 heteroatoms. The summed E-state index contributed by atoms with van der Waals surface area (Å²) in [5.41, 5.74) is 0. The number of hydrogen-bond donors (Lipinski definition) is 0. The molecular weight excluding hydrogens is 220 g/mol. The summed E-state index contributed by atoms with van der Waals surface area (Å²) in [6.45, 7) is 2.28. The van der Waals surface area contributed by atoms with Gasteiger partial charge in [-0.15, -0.1) is 0 Å². The number of unbranched alkanes of at least 4 members (excludes halogenated alkanes) is 12. The molecule has 0 heterocycles. The Morgan fingerprint density at radius 2 is 1.17 bits per heavy atom. The van der Waals surface area contributed by atoms with Gasteiger partial charge in [0.05, 0.1) is 6.26 Å². The first kappa shape index (κ1) is 17.5. The lowest BCUT2D eigenvalue weighted by Gasteiger charge is -2.02. The van der Waals surface area contributed by atoms with Gasteiger partial charge in [-0.1, -0.05) is 77.6 Å². The lowest BCUT2D eigenvalue weighted by Crippen LogP contribution is -1.82. The van der Waals surface area contributed by atoms with E-state index in [0.717, 1.165) is 6.42 Å². The van der Waals surface area contributed by atoms with E-state index in [0.29, 0.717) is 0 Å². The summed E-state index contributed by atoms with van der Waals surface area (Å²) in [5.74, 6) is 0. The van der Waals surface area contributed by atoms with Crippen molar-refractivity contribution in [2.45, 2.75) is 90.4 Å². The van der Waals surface area contributed by atoms with Gasteiger partial charge in [-0.25, -0.2) is 0 Å². The second-order valence-corrected chi connectivity index (χ2v) is 5.22. The third-order valence-corrected chi connectivity index (χ3v) is 3.42. The van der Waals surface area contributed by atoms with Crippen LogP contribution < -0.4 is 0 Å². The van der Waals surface area contributed by atoms with Crippen molar-refractivity contribution in [1.82, 2.24) is 0 Å². The summed E-state index contributed by atoms with van der Waals surface area (Å²) in [6.07, 6.45) is 21.8. The molecule has 107 valence electrons. The maximum Gasteiger partial charge on any atom is 0.121 e. The molecule has 0 amide bonds. The topological polar surface area (TPSA) is 9.23 Å². The minimum absolute atomic E-state index is 1.13. The number of hydrogen-bond acceptors (Lipinski definition) is 1. The molecule has 0 unspecified atom stereocenters. The van der Waals surface area contributed by atoms with Crippen molar-refractivity contribution in [2.24, 2.45) is 0 Å². The fourth-order valence-electron chi connectivity index (χ4n) is 2.24. The zero-order valence-electron chi connectivity index (χ0n) is 12.5. The second kappa shape index (κ2) is 16.5. The van der Waals surface area contributed by atoms with Crippen LogP contribution in [0.15, 0.2) is 12.3 Å². The van der Waals surface area contributed by atoms with Crippen LogP contribution in [0.2, 0.25) is 0 Å². The molecule has 0 N–H and O–H groups in total. The summed E-state index contributed by atoms with van der Waals surface area (Å²) >= 11 is 0. The van der Waals surface area contributed by atoms with Gasteiger partial charge in [0.25, 0.3) is 0 Å². The van der Waals surface area contributed by atoms with Crippen molar-refractivity contribution < 1.29 is 4.74 Å². The first-order chi connectivity index (χ1) is 8.91. The van der Waals surface area contributed by atoms with Crippen LogP contribution in [-0.2, 0) is 4.74 Å². The molecule has 0 saturated heterocycles. The predicted octanol–water partition coefficient (Wildman–Crippen LogP) is 6.40. The number of ether oxygens (including phenoxy) is 1. The molecule has 1 radical (unpaired) electrons. The molecule has 0 aliphatic heterocycles. The van der Waals surface area contributed by atoms with Crippen molar-refractivity contribution in [2.75, 3.05) is 0 Å². The van der Waals surface area contributed by atoms with Gasteiger partial charge in [0, 0.05) is 0 Å². The van der Waals surface area contributed by atoms with E-state index in [9.17, 15) is 0 Å². The summed E-state index contributed by atoms with van der Waals surface area (Å²) in [4.78, 5) is 0. The molecule has 0 spiro atoms. The molecule has 0 rings (SSSR count). The van der Waals surface area contributed by atoms with Crippen LogP contribution in [0.1, 0.15) is 90.4 Å². The van der Waals surface area contributed by atoms with E-state index in [4.69, 9.17) is 0 Å². The summed E-state index contributed by atoms with van der Waals surface area (Å²) in [5, 5.41) is 0. The van der Waals surface area contributed by atoms with Crippen LogP contribution in [-0.4, -0.2) is 0 Å². The van der Waals surface area contributed by atoms with Crippen molar-refractivity contribution in [1.29, 1.82) is 0 Å². The maximum absolute atomic E-state index is 4.62. The fourth-order valence-corrected chi connectivity index (χ4v) is 2.24. The van der Waals surface area contributed by atoms with Gasteiger partial charge < -0.3 is 4.74 Å². The zero-order chi connectivity index (χ0) is 13.3. The van der Waals surface area contributed by atoms with Crippen LogP contribution >= 0.6 is 0 Å². The number of allylic oxidation sites excluding steroid dienone is 1. The maximum atomic E-state index is 4.62. The summed E-state index contributed by atoms with van der Waals surface area (Å²) in [7, 11) is 3.30. The smallest absolute Gasteiger partial charge is 0.121 e. The van der Waals surface area contributed by atoms with E-state index in [-0.39, 0.29) is 0 Å². The zero-order valence-corrected chi connectivity index (χ0v) is 12.5. The highest BCUT2D eigenvalue weighted by molar-refractivity contribution is 4.72. The predicted molar refractivity (Wildman–Crippen MR) is 81.3 cm³/mol. The Hall–Kier alpha value is -0.460. The quantitative estimate of drug-likeness (QED) is 0.257. The van der Waals surface area contributed by atoms with Gasteiger partial charge in [-0.3, -0.25) is 0 Å². The minimum Gasteiger partial charge on any atom is -0.498 e. The van der Waals surface area contributed by atoms with E-state index in [1.807, 2.05) is 0 Å². The third kappa shape index (κ3) is 15.5. The van der Waals surface area contributed by atoms with Gasteiger partial charge in [0.1, 0.15) is 7.11 Å². The van der Waals surface area contributed by atoms with Crippen LogP contribution in [0.5, 0.6) is 0 Å². The van der Waals surface area contributed by atoms with Crippen molar-refractivity contribution >= 4 is 0 Å². The Morgan fingerprint density at radius 1 is 0.722 bits per heavy atom. The highest BCUT2D eigenvalue weighted by atomic mass is 16.5. The van der Waals surface area contributed by atoms with Crippen molar-refractivity contribution in [3.8, 4) is 0 Å². The van der Waals surface area contributed by atoms with E-state index in [1.165, 1.54) is 77.0 Å². The molecule has 0 bridgehead atoms. The Balaban J connectivity index is 2.92. The van der Waals surface area contributed by atoms with E-state index in [1.54, 1.807) is 6.26 Å². The molecule has 0 fully saturated rings. The first-order valence-corrected chi connectivity index (χ1v) is 7.97. The van der Waals surface area contributed by atoms with E-state index < -0.39 is 0 Å². The van der Waals surface area contributed by atoms with Crippen molar-refractivity contribution in [3.05, 3.63) is 19.4 Å². The summed E-state index contributed by atoms with van der Waals surface area (Å²) in [6, 6.07) is 0. The van der Waals surface area contributed by atoms with Gasteiger partial charge in [-0.05, 0) is 18.9 Å². The Bertz CT molecular complexity index is 163. The van der Waals surface area contributed by atoms with Crippen molar-refractivity contribution in [3.63, 3.8) is 0 Å². The minimum atomic E-state index is 1.13. The van der Waals surface area contributed by atoms with Crippen LogP contribution in [0, 0.1) is 7.11 Å². The molecule has 0 aromatic rings. The molecule has 1 nitrogen and oxygen atoms in total. The van der Waals surface area contributed by atoms with Gasteiger partial charge >= 0.3 is 0 Å². The van der Waals surface area contributed by atoms with Crippen LogP contribution in [0.25, 0.3) is 0 Å². The van der Waals surface area contributed by atoms with Gasteiger partial charge in [-0.2, -0.15) is 0 Å². The van der Waals surface area contributed by atoms with Crippen LogP contribution in [0.3, 0.4) is 0 Å². The Kier molecular flexibility index (Phi) is 16.1. The average molecular weight is 253 g/mol. The van der Waals surface area contributed by atoms with Crippen LogP contribution in [0.4, 0.5) is 0 Å². The largest absolute Gasteiger partial charge is 0.498 e. The standard InChI is InChI=1S/C17H33O/c1-3-4-5-6-7-8-9-10-11-12-13-14-15-16-17-18-2/h16-17H,2-15H2,1H3. The molecule has 0 saturated carbocycles. The molecule has 0 aromatic heterocycles. The molecule has 0 atom stereocenters. The Labute approximate surface area is 115 Å². The third-order valence-electron chi connectivity index (χ3n) is 3.42.